The monoisotopic (exact) mass is 466 g/mol. The molecule has 0 spiro atoms. The van der Waals surface area contributed by atoms with Crippen molar-refractivity contribution in [3.8, 4) is 11.5 Å². The van der Waals surface area contributed by atoms with E-state index in [0.29, 0.717) is 23.7 Å². The highest BCUT2D eigenvalue weighted by molar-refractivity contribution is 8.00. The topological polar surface area (TPSA) is 84.9 Å². The van der Waals surface area contributed by atoms with E-state index in [-0.39, 0.29) is 16.2 Å². The van der Waals surface area contributed by atoms with Crippen LogP contribution in [0.25, 0.3) is 0 Å². The number of para-hydroxylation sites is 2. The summed E-state index contributed by atoms with van der Waals surface area (Å²) in [5.74, 6) is 1.24. The number of hydrogen-bond acceptors (Lipinski definition) is 6. The highest BCUT2D eigenvalue weighted by Crippen LogP contribution is 2.32. The molecule has 0 saturated carbocycles. The predicted octanol–water partition coefficient (Wildman–Crippen LogP) is 3.55. The number of nitrogens with zero attached hydrogens (tertiary/aromatic N) is 1. The molecule has 9 heteroatoms. The first-order valence-corrected chi connectivity index (χ1v) is 12.2. The van der Waals surface area contributed by atoms with E-state index < -0.39 is 15.9 Å². The molecule has 0 atom stereocenters. The van der Waals surface area contributed by atoms with E-state index in [1.807, 2.05) is 0 Å². The van der Waals surface area contributed by atoms with E-state index in [1.165, 1.54) is 26.4 Å². The summed E-state index contributed by atoms with van der Waals surface area (Å²) in [6.45, 7) is 6.39. The highest BCUT2D eigenvalue weighted by atomic mass is 32.2. The number of hydrogen-bond donors (Lipinski definition) is 1. The summed E-state index contributed by atoms with van der Waals surface area (Å²) in [6, 6.07) is 12.8. The van der Waals surface area contributed by atoms with Crippen LogP contribution in [0.2, 0.25) is 0 Å². The second-order valence-electron chi connectivity index (χ2n) is 7.67. The van der Waals surface area contributed by atoms with E-state index >= 15 is 0 Å². The predicted molar refractivity (Wildman–Crippen MR) is 126 cm³/mol. The number of carbonyl (C=O) groups excluding carboxylic acids is 1. The van der Waals surface area contributed by atoms with Crippen molar-refractivity contribution in [1.29, 1.82) is 0 Å². The molecule has 0 radical (unpaired) electrons. The maximum absolute atomic E-state index is 13.4. The molecule has 2 aromatic carbocycles. The Hall–Kier alpha value is -2.39. The first-order valence-electron chi connectivity index (χ1n) is 9.79. The molecule has 0 aliphatic carbocycles. The molecule has 2 rings (SSSR count). The number of anilines is 1. The minimum Gasteiger partial charge on any atom is -0.497 e. The molecule has 0 heterocycles. The number of methoxy groups -OCH3 is 2. The van der Waals surface area contributed by atoms with Crippen molar-refractivity contribution in [2.24, 2.45) is 0 Å². The summed E-state index contributed by atoms with van der Waals surface area (Å²) in [5.41, 5.74) is 0.292. The third-order valence-electron chi connectivity index (χ3n) is 4.25. The van der Waals surface area contributed by atoms with Gasteiger partial charge < -0.3 is 14.8 Å². The smallest absolute Gasteiger partial charge is 0.264 e. The third kappa shape index (κ3) is 7.07. The molecule has 0 fully saturated rings. The summed E-state index contributed by atoms with van der Waals surface area (Å²) in [4.78, 5) is 12.7. The average Bonchev–Trinajstić information content (AvgIpc) is 2.74. The summed E-state index contributed by atoms with van der Waals surface area (Å²) in [5, 5.41) is 2.81. The number of benzene rings is 2. The lowest BCUT2D eigenvalue weighted by Crippen LogP contribution is -2.41. The zero-order valence-electron chi connectivity index (χ0n) is 18.5. The first kappa shape index (κ1) is 24.9. The second-order valence-corrected chi connectivity index (χ2v) is 11.5. The summed E-state index contributed by atoms with van der Waals surface area (Å²) < 4.78 is 38.5. The minimum atomic E-state index is -4.03. The largest absolute Gasteiger partial charge is 0.497 e. The molecule has 0 aliphatic heterocycles. The SMILES string of the molecule is COc1ccc(S(=O)(=O)N(CC(=O)NCCSC(C)(C)C)c2ccccc2OC)cc1. The number of nitrogens with one attached hydrogen (secondary N) is 1. The van der Waals surface area contributed by atoms with Crippen LogP contribution in [-0.2, 0) is 14.8 Å². The van der Waals surface area contributed by atoms with E-state index in [0.717, 1.165) is 10.1 Å². The fourth-order valence-electron chi connectivity index (χ4n) is 2.74. The molecule has 0 bridgehead atoms. The van der Waals surface area contributed by atoms with Crippen molar-refractivity contribution < 1.29 is 22.7 Å². The zero-order chi connectivity index (χ0) is 23.1. The van der Waals surface area contributed by atoms with Gasteiger partial charge in [0, 0.05) is 17.0 Å². The van der Waals surface area contributed by atoms with Gasteiger partial charge >= 0.3 is 0 Å². The van der Waals surface area contributed by atoms with Crippen LogP contribution in [0.15, 0.2) is 53.4 Å². The summed E-state index contributed by atoms with van der Waals surface area (Å²) >= 11 is 1.72. The molecule has 0 unspecified atom stereocenters. The molecule has 0 aliphatic rings. The number of sulfonamides is 1. The van der Waals surface area contributed by atoms with Crippen LogP contribution in [0.5, 0.6) is 11.5 Å². The maximum Gasteiger partial charge on any atom is 0.264 e. The molecule has 170 valence electrons. The molecule has 1 amide bonds. The Bertz CT molecular complexity index is 970. The first-order chi connectivity index (χ1) is 14.6. The highest BCUT2D eigenvalue weighted by Gasteiger charge is 2.29. The van der Waals surface area contributed by atoms with Crippen LogP contribution >= 0.6 is 11.8 Å². The molecule has 2 aromatic rings. The summed E-state index contributed by atoms with van der Waals surface area (Å²) in [7, 11) is -1.06. The van der Waals surface area contributed by atoms with Gasteiger partial charge in [-0.25, -0.2) is 8.42 Å². The Kier molecular flexibility index (Phi) is 8.64. The van der Waals surface area contributed by atoms with E-state index in [4.69, 9.17) is 9.47 Å². The second kappa shape index (κ2) is 10.8. The normalized spacial score (nSPS) is 11.6. The fourth-order valence-corrected chi connectivity index (χ4v) is 4.99. The molecule has 31 heavy (non-hydrogen) atoms. The standard InChI is InChI=1S/C22H30N2O5S2/c1-22(2,3)30-15-14-23-21(25)16-24(19-8-6-7-9-20(19)29-5)31(26,27)18-12-10-17(28-4)11-13-18/h6-13H,14-16H2,1-5H3,(H,23,25). The Balaban J connectivity index is 2.29. The number of thioether (sulfide) groups is 1. The fraction of sp³-hybridized carbons (Fsp3) is 0.409. The minimum absolute atomic E-state index is 0.0512. The van der Waals surface area contributed by atoms with Gasteiger partial charge in [0.25, 0.3) is 10.0 Å². The Morgan fingerprint density at radius 3 is 2.26 bits per heavy atom. The zero-order valence-corrected chi connectivity index (χ0v) is 20.2. The van der Waals surface area contributed by atoms with Crippen molar-refractivity contribution in [2.75, 3.05) is 37.4 Å². The number of ether oxygens (including phenoxy) is 2. The maximum atomic E-state index is 13.4. The number of amides is 1. The van der Waals surface area contributed by atoms with Crippen LogP contribution in [0.1, 0.15) is 20.8 Å². The van der Waals surface area contributed by atoms with Gasteiger partial charge in [-0.15, -0.1) is 0 Å². The molecule has 1 N–H and O–H groups in total. The average molecular weight is 467 g/mol. The molecule has 7 nitrogen and oxygen atoms in total. The van der Waals surface area contributed by atoms with Crippen molar-refractivity contribution in [3.63, 3.8) is 0 Å². The lowest BCUT2D eigenvalue weighted by atomic mass is 10.3. The van der Waals surface area contributed by atoms with Gasteiger partial charge in [0.1, 0.15) is 18.0 Å². The number of carbonyl (C=O) groups is 1. The Morgan fingerprint density at radius 2 is 1.68 bits per heavy atom. The quantitative estimate of drug-likeness (QED) is 0.539. The van der Waals surface area contributed by atoms with Crippen molar-refractivity contribution in [1.82, 2.24) is 5.32 Å². The van der Waals surface area contributed by atoms with Gasteiger partial charge in [-0.1, -0.05) is 32.9 Å². The molecular weight excluding hydrogens is 436 g/mol. The van der Waals surface area contributed by atoms with Crippen LogP contribution in [0, 0.1) is 0 Å². The Morgan fingerprint density at radius 1 is 1.03 bits per heavy atom. The summed E-state index contributed by atoms with van der Waals surface area (Å²) in [6.07, 6.45) is 0. The van der Waals surface area contributed by atoms with E-state index in [2.05, 4.69) is 26.1 Å². The van der Waals surface area contributed by atoms with Gasteiger partial charge in [-0.2, -0.15) is 11.8 Å². The Labute approximate surface area is 189 Å². The van der Waals surface area contributed by atoms with E-state index in [9.17, 15) is 13.2 Å². The van der Waals surface area contributed by atoms with Crippen molar-refractivity contribution >= 4 is 33.4 Å². The number of rotatable bonds is 10. The van der Waals surface area contributed by atoms with Crippen LogP contribution in [0.4, 0.5) is 5.69 Å². The van der Waals surface area contributed by atoms with Gasteiger partial charge in [0.2, 0.25) is 5.91 Å². The molecular formula is C22H30N2O5S2. The van der Waals surface area contributed by atoms with Gasteiger partial charge in [0.15, 0.2) is 0 Å². The third-order valence-corrected chi connectivity index (χ3v) is 7.30. The molecule has 0 saturated heterocycles. The van der Waals surface area contributed by atoms with Gasteiger partial charge in [-0.05, 0) is 36.4 Å². The van der Waals surface area contributed by atoms with E-state index in [1.54, 1.807) is 48.2 Å². The van der Waals surface area contributed by atoms with Crippen LogP contribution < -0.4 is 19.1 Å². The molecule has 0 aromatic heterocycles. The van der Waals surface area contributed by atoms with Crippen LogP contribution in [-0.4, -0.2) is 52.1 Å². The van der Waals surface area contributed by atoms with Crippen LogP contribution in [0.3, 0.4) is 0 Å². The van der Waals surface area contributed by atoms with Crippen molar-refractivity contribution in [2.45, 2.75) is 30.4 Å². The van der Waals surface area contributed by atoms with Gasteiger partial charge in [-0.3, -0.25) is 9.10 Å². The lowest BCUT2D eigenvalue weighted by Gasteiger charge is -2.25. The lowest BCUT2D eigenvalue weighted by molar-refractivity contribution is -0.119. The van der Waals surface area contributed by atoms with Gasteiger partial charge in [0.05, 0.1) is 24.8 Å². The van der Waals surface area contributed by atoms with Crippen molar-refractivity contribution in [3.05, 3.63) is 48.5 Å².